The largest absolute Gasteiger partial charge is 0.250 e. The highest BCUT2D eigenvalue weighted by molar-refractivity contribution is 7.91. The summed E-state index contributed by atoms with van der Waals surface area (Å²) < 4.78 is 27.1. The quantitative estimate of drug-likeness (QED) is 0.912. The summed E-state index contributed by atoms with van der Waals surface area (Å²) in [6, 6.07) is 3.10. The van der Waals surface area contributed by atoms with Gasteiger partial charge in [0.25, 0.3) is 10.0 Å². The second-order valence-corrected chi connectivity index (χ2v) is 7.53. The van der Waals surface area contributed by atoms with Gasteiger partial charge in [-0.15, -0.1) is 11.3 Å². The van der Waals surface area contributed by atoms with Gasteiger partial charge in [0, 0.05) is 5.54 Å². The van der Waals surface area contributed by atoms with Crippen LogP contribution in [0.25, 0.3) is 0 Å². The van der Waals surface area contributed by atoms with Crippen LogP contribution < -0.4 is 4.72 Å². The van der Waals surface area contributed by atoms with E-state index in [2.05, 4.69) is 4.72 Å². The van der Waals surface area contributed by atoms with Crippen LogP contribution >= 0.6 is 22.9 Å². The summed E-state index contributed by atoms with van der Waals surface area (Å²) in [4.78, 5) is 0. The molecule has 0 spiro atoms. The molecule has 0 fully saturated rings. The third-order valence-electron chi connectivity index (χ3n) is 2.11. The van der Waals surface area contributed by atoms with Gasteiger partial charge in [0.05, 0.1) is 4.34 Å². The van der Waals surface area contributed by atoms with Crippen molar-refractivity contribution >= 4 is 33.0 Å². The van der Waals surface area contributed by atoms with Gasteiger partial charge in [-0.25, -0.2) is 13.1 Å². The van der Waals surface area contributed by atoms with Crippen molar-refractivity contribution in [1.82, 2.24) is 4.72 Å². The Balaban J connectivity index is 2.95. The number of hydrogen-bond donors (Lipinski definition) is 1. The van der Waals surface area contributed by atoms with Crippen molar-refractivity contribution in [2.75, 3.05) is 0 Å². The maximum Gasteiger partial charge on any atom is 0.250 e. The zero-order valence-corrected chi connectivity index (χ0v) is 11.3. The molecule has 0 aromatic carbocycles. The molecule has 1 N–H and O–H groups in total. The van der Waals surface area contributed by atoms with Crippen molar-refractivity contribution in [3.8, 4) is 0 Å². The summed E-state index contributed by atoms with van der Waals surface area (Å²) in [6.07, 6.45) is 0.728. The first-order valence-electron chi connectivity index (χ1n) is 4.56. The van der Waals surface area contributed by atoms with Gasteiger partial charge < -0.3 is 0 Å². The van der Waals surface area contributed by atoms with Crippen LogP contribution in [0.2, 0.25) is 4.34 Å². The van der Waals surface area contributed by atoms with Gasteiger partial charge in [-0.05, 0) is 32.4 Å². The van der Waals surface area contributed by atoms with Gasteiger partial charge >= 0.3 is 0 Å². The van der Waals surface area contributed by atoms with Gasteiger partial charge in [0.1, 0.15) is 4.21 Å². The fourth-order valence-electron chi connectivity index (χ4n) is 0.928. The van der Waals surface area contributed by atoms with E-state index in [0.29, 0.717) is 4.34 Å². The third kappa shape index (κ3) is 3.45. The van der Waals surface area contributed by atoms with Crippen molar-refractivity contribution in [3.63, 3.8) is 0 Å². The van der Waals surface area contributed by atoms with Crippen molar-refractivity contribution in [2.45, 2.75) is 36.9 Å². The van der Waals surface area contributed by atoms with Gasteiger partial charge in [0.15, 0.2) is 0 Å². The predicted octanol–water partition coefficient (Wildman–Crippen LogP) is 2.87. The lowest BCUT2D eigenvalue weighted by Crippen LogP contribution is -2.42. The van der Waals surface area contributed by atoms with Gasteiger partial charge in [0.2, 0.25) is 0 Å². The van der Waals surface area contributed by atoms with Gasteiger partial charge in [-0.1, -0.05) is 18.5 Å². The molecule has 6 heteroatoms. The second kappa shape index (κ2) is 4.41. The molecule has 86 valence electrons. The first-order chi connectivity index (χ1) is 6.77. The van der Waals surface area contributed by atoms with E-state index in [1.807, 2.05) is 20.8 Å². The highest BCUT2D eigenvalue weighted by Gasteiger charge is 2.25. The van der Waals surface area contributed by atoms with E-state index in [1.165, 1.54) is 6.07 Å². The maximum absolute atomic E-state index is 11.9. The minimum atomic E-state index is -3.43. The predicted molar refractivity (Wildman–Crippen MR) is 64.0 cm³/mol. The van der Waals surface area contributed by atoms with Crippen LogP contribution in [0.15, 0.2) is 16.3 Å². The third-order valence-corrected chi connectivity index (χ3v) is 5.53. The van der Waals surface area contributed by atoms with Crippen LogP contribution in [-0.2, 0) is 10.0 Å². The van der Waals surface area contributed by atoms with Crippen molar-refractivity contribution in [2.24, 2.45) is 0 Å². The second-order valence-electron chi connectivity index (χ2n) is 3.90. The summed E-state index contributed by atoms with van der Waals surface area (Å²) in [5, 5.41) is 0. The Morgan fingerprint density at radius 1 is 1.47 bits per heavy atom. The molecular formula is C9H14ClNO2S2. The Labute approximate surface area is 99.5 Å². The van der Waals surface area contributed by atoms with Crippen LogP contribution in [-0.4, -0.2) is 14.0 Å². The lowest BCUT2D eigenvalue weighted by molar-refractivity contribution is 0.440. The zero-order valence-electron chi connectivity index (χ0n) is 8.87. The monoisotopic (exact) mass is 267 g/mol. The van der Waals surface area contributed by atoms with Crippen molar-refractivity contribution in [3.05, 3.63) is 16.5 Å². The number of thiophene rings is 1. The standard InChI is InChI=1S/C9H14ClNO2S2/c1-4-9(2,3)11-15(12,13)8-6-5-7(10)14-8/h5-6,11H,4H2,1-3H3. The minimum Gasteiger partial charge on any atom is -0.206 e. The molecule has 15 heavy (non-hydrogen) atoms. The molecule has 0 aliphatic heterocycles. The average molecular weight is 268 g/mol. The summed E-state index contributed by atoms with van der Waals surface area (Å²) in [6.45, 7) is 5.63. The van der Waals surface area contributed by atoms with Crippen molar-refractivity contribution in [1.29, 1.82) is 0 Å². The summed E-state index contributed by atoms with van der Waals surface area (Å²) >= 11 is 6.76. The number of halogens is 1. The molecule has 0 amide bonds. The Bertz CT molecular complexity index is 437. The Hall–Kier alpha value is -0.100. The zero-order chi connectivity index (χ0) is 11.7. The Morgan fingerprint density at radius 3 is 2.47 bits per heavy atom. The molecule has 1 rings (SSSR count). The molecule has 0 saturated heterocycles. The maximum atomic E-state index is 11.9. The van der Waals surface area contributed by atoms with Crippen molar-refractivity contribution < 1.29 is 8.42 Å². The van der Waals surface area contributed by atoms with Gasteiger partial charge in [-0.2, -0.15) is 0 Å². The molecule has 0 radical (unpaired) electrons. The fraction of sp³-hybridized carbons (Fsp3) is 0.556. The van der Waals surface area contributed by atoms with E-state index in [1.54, 1.807) is 6.07 Å². The first-order valence-corrected chi connectivity index (χ1v) is 7.24. The van der Waals surface area contributed by atoms with E-state index in [9.17, 15) is 8.42 Å². The van der Waals surface area contributed by atoms with Crippen LogP contribution in [0.5, 0.6) is 0 Å². The molecule has 3 nitrogen and oxygen atoms in total. The molecule has 0 aliphatic carbocycles. The molecule has 0 aliphatic rings. The van der Waals surface area contributed by atoms with E-state index < -0.39 is 15.6 Å². The van der Waals surface area contributed by atoms with Crippen LogP contribution in [0, 0.1) is 0 Å². The molecule has 0 bridgehead atoms. The first kappa shape index (κ1) is 13.0. The molecule has 0 atom stereocenters. The SMILES string of the molecule is CCC(C)(C)NS(=O)(=O)c1ccc(Cl)s1. The lowest BCUT2D eigenvalue weighted by Gasteiger charge is -2.23. The summed E-state index contributed by atoms with van der Waals surface area (Å²) in [5.74, 6) is 0. The molecule has 1 heterocycles. The van der Waals surface area contributed by atoms with Crippen LogP contribution in [0.1, 0.15) is 27.2 Å². The highest BCUT2D eigenvalue weighted by Crippen LogP contribution is 2.26. The Kier molecular flexibility index (Phi) is 3.81. The summed E-state index contributed by atoms with van der Waals surface area (Å²) in [7, 11) is -3.43. The number of nitrogens with one attached hydrogen (secondary N) is 1. The number of hydrogen-bond acceptors (Lipinski definition) is 3. The molecule has 0 unspecified atom stereocenters. The molecule has 1 aromatic rings. The Morgan fingerprint density at radius 2 is 2.07 bits per heavy atom. The fourth-order valence-corrected chi connectivity index (χ4v) is 3.90. The smallest absolute Gasteiger partial charge is 0.206 e. The van der Waals surface area contributed by atoms with Gasteiger partial charge in [-0.3, -0.25) is 0 Å². The lowest BCUT2D eigenvalue weighted by atomic mass is 10.0. The van der Waals surface area contributed by atoms with E-state index in [0.717, 1.165) is 17.8 Å². The van der Waals surface area contributed by atoms with E-state index in [-0.39, 0.29) is 4.21 Å². The molecule has 0 saturated carbocycles. The van der Waals surface area contributed by atoms with Crippen LogP contribution in [0.4, 0.5) is 0 Å². The molecular weight excluding hydrogens is 254 g/mol. The van der Waals surface area contributed by atoms with Crippen LogP contribution in [0.3, 0.4) is 0 Å². The summed E-state index contributed by atoms with van der Waals surface area (Å²) in [5.41, 5.74) is -0.435. The average Bonchev–Trinajstić information content (AvgIpc) is 2.51. The normalized spacial score (nSPS) is 13.1. The van der Waals surface area contributed by atoms with E-state index in [4.69, 9.17) is 11.6 Å². The minimum absolute atomic E-state index is 0.258. The topological polar surface area (TPSA) is 46.2 Å². The highest BCUT2D eigenvalue weighted by atomic mass is 35.5. The van der Waals surface area contributed by atoms with E-state index >= 15 is 0 Å². The molecule has 1 aromatic heterocycles. The number of sulfonamides is 1. The number of rotatable bonds is 4.